The van der Waals surface area contributed by atoms with Crippen LogP contribution in [0, 0.1) is 0 Å². The molecule has 0 fully saturated rings. The van der Waals surface area contributed by atoms with Crippen molar-refractivity contribution in [3.63, 3.8) is 0 Å². The Labute approximate surface area is 89.7 Å². The second kappa shape index (κ2) is 6.44. The topological polar surface area (TPSA) is 21.6 Å². The first kappa shape index (κ1) is 11.1. The van der Waals surface area contributed by atoms with Gasteiger partial charge in [0.1, 0.15) is 0 Å². The highest BCUT2D eigenvalue weighted by Crippen LogP contribution is 2.04. The third-order valence-corrected chi connectivity index (χ3v) is 2.06. The molecule has 76 valence electrons. The molecule has 0 aliphatic heterocycles. The maximum atomic E-state index is 5.38. The number of benzene rings is 1. The molecule has 2 nitrogen and oxygen atoms in total. The molecule has 0 unspecified atom stereocenters. The van der Waals surface area contributed by atoms with E-state index in [0.717, 1.165) is 12.8 Å². The predicted octanol–water partition coefficient (Wildman–Crippen LogP) is 3.21. The summed E-state index contributed by atoms with van der Waals surface area (Å²) in [6.45, 7) is 2.53. The zero-order valence-electron chi connectivity index (χ0n) is 8.24. The summed E-state index contributed by atoms with van der Waals surface area (Å²) in [6.07, 6.45) is 1.66. The average Bonchev–Trinajstić information content (AvgIpc) is 2.25. The van der Waals surface area contributed by atoms with Gasteiger partial charge in [0.05, 0.1) is 6.61 Å². The molecule has 3 heteroatoms. The average molecular weight is 212 g/mol. The van der Waals surface area contributed by atoms with Gasteiger partial charge in [-0.2, -0.15) is 0 Å². The summed E-state index contributed by atoms with van der Waals surface area (Å²) < 4.78 is 8.79. The van der Waals surface area contributed by atoms with Crippen LogP contribution < -0.4 is 0 Å². The zero-order valence-corrected chi connectivity index (χ0v) is 9.00. The van der Waals surface area contributed by atoms with Crippen LogP contribution in [0.3, 0.4) is 0 Å². The fraction of sp³-hybridized carbons (Fsp3) is 0.364. The van der Waals surface area contributed by atoms with Gasteiger partial charge in [0.2, 0.25) is 5.90 Å². The van der Waals surface area contributed by atoms with Crippen LogP contribution in [0.5, 0.6) is 0 Å². The Morgan fingerprint density at radius 1 is 1.36 bits per heavy atom. The molecule has 0 spiro atoms. The Morgan fingerprint density at radius 2 is 2.07 bits per heavy atom. The number of aryl methyl sites for hydroxylation is 1. The van der Waals surface area contributed by atoms with Gasteiger partial charge < -0.3 is 4.74 Å². The van der Waals surface area contributed by atoms with E-state index in [1.54, 1.807) is 0 Å². The molecule has 0 aromatic heterocycles. The van der Waals surface area contributed by atoms with Crippen LogP contribution in [-0.2, 0) is 11.2 Å². The van der Waals surface area contributed by atoms with E-state index >= 15 is 0 Å². The molecule has 0 radical (unpaired) electrons. The van der Waals surface area contributed by atoms with E-state index in [-0.39, 0.29) is 0 Å². The highest BCUT2D eigenvalue weighted by molar-refractivity contribution is 6.19. The fourth-order valence-electron chi connectivity index (χ4n) is 1.20. The van der Waals surface area contributed by atoms with Gasteiger partial charge in [-0.05, 0) is 18.9 Å². The summed E-state index contributed by atoms with van der Waals surface area (Å²) in [5.41, 5.74) is 1.27. The third-order valence-electron chi connectivity index (χ3n) is 1.88. The number of halogens is 1. The Morgan fingerprint density at radius 3 is 2.64 bits per heavy atom. The third kappa shape index (κ3) is 3.79. The first-order valence-corrected chi connectivity index (χ1v) is 5.05. The summed E-state index contributed by atoms with van der Waals surface area (Å²) in [4.78, 5) is 0. The molecular formula is C11H14ClNO. The molecule has 0 amide bonds. The van der Waals surface area contributed by atoms with Crippen molar-refractivity contribution in [2.24, 2.45) is 4.51 Å². The maximum absolute atomic E-state index is 5.38. The van der Waals surface area contributed by atoms with E-state index in [2.05, 4.69) is 16.6 Å². The maximum Gasteiger partial charge on any atom is 0.201 e. The van der Waals surface area contributed by atoms with Gasteiger partial charge in [-0.1, -0.05) is 30.3 Å². The van der Waals surface area contributed by atoms with Crippen molar-refractivity contribution in [2.75, 3.05) is 6.61 Å². The minimum absolute atomic E-state index is 0.609. The number of hydrogen-bond acceptors (Lipinski definition) is 2. The molecular weight excluding hydrogens is 198 g/mol. The Bertz CT molecular complexity index is 285. The molecule has 0 aliphatic rings. The molecule has 0 atom stereocenters. The van der Waals surface area contributed by atoms with Crippen molar-refractivity contribution in [3.8, 4) is 0 Å². The molecule has 14 heavy (non-hydrogen) atoms. The van der Waals surface area contributed by atoms with Crippen molar-refractivity contribution in [2.45, 2.75) is 19.8 Å². The van der Waals surface area contributed by atoms with Gasteiger partial charge in [0, 0.05) is 18.2 Å². The van der Waals surface area contributed by atoms with Crippen LogP contribution in [0.2, 0.25) is 0 Å². The van der Waals surface area contributed by atoms with Crippen LogP contribution >= 0.6 is 11.8 Å². The Kier molecular flexibility index (Phi) is 5.08. The number of nitrogens with zero attached hydrogens (tertiary/aromatic N) is 1. The standard InChI is InChI=1S/C11H14ClNO/c1-2-14-11(13-12)9-8-10-6-4-3-5-7-10/h3-7H,2,8-9H2,1H3/b13-11+. The summed E-state index contributed by atoms with van der Waals surface area (Å²) in [5.74, 6) is 0.609. The first-order valence-electron chi connectivity index (χ1n) is 4.71. The van der Waals surface area contributed by atoms with Gasteiger partial charge in [0.25, 0.3) is 0 Å². The molecule has 0 aliphatic carbocycles. The van der Waals surface area contributed by atoms with E-state index in [1.807, 2.05) is 25.1 Å². The van der Waals surface area contributed by atoms with Crippen LogP contribution in [0.4, 0.5) is 0 Å². The normalized spacial score (nSPS) is 11.4. The van der Waals surface area contributed by atoms with Gasteiger partial charge in [-0.25, -0.2) is 0 Å². The lowest BCUT2D eigenvalue weighted by Crippen LogP contribution is -2.05. The SMILES string of the molecule is CCO/C(CCc1ccccc1)=N/Cl. The minimum atomic E-state index is 0.609. The summed E-state index contributed by atoms with van der Waals surface area (Å²) in [7, 11) is 0. The molecule has 0 saturated heterocycles. The number of ether oxygens (including phenoxy) is 1. The molecule has 0 bridgehead atoms. The molecule has 0 heterocycles. The van der Waals surface area contributed by atoms with Crippen molar-refractivity contribution < 1.29 is 4.74 Å². The van der Waals surface area contributed by atoms with Crippen molar-refractivity contribution in [1.82, 2.24) is 0 Å². The summed E-state index contributed by atoms with van der Waals surface area (Å²) in [6, 6.07) is 10.2. The predicted molar refractivity (Wildman–Crippen MR) is 59.7 cm³/mol. The zero-order chi connectivity index (χ0) is 10.2. The minimum Gasteiger partial charge on any atom is -0.480 e. The van der Waals surface area contributed by atoms with E-state index in [1.165, 1.54) is 5.56 Å². The van der Waals surface area contributed by atoms with Gasteiger partial charge in [-0.15, -0.1) is 4.51 Å². The lowest BCUT2D eigenvalue weighted by atomic mass is 10.1. The second-order valence-electron chi connectivity index (χ2n) is 2.90. The van der Waals surface area contributed by atoms with Crippen molar-refractivity contribution >= 4 is 17.7 Å². The highest BCUT2D eigenvalue weighted by atomic mass is 35.5. The van der Waals surface area contributed by atoms with Gasteiger partial charge in [0.15, 0.2) is 0 Å². The van der Waals surface area contributed by atoms with E-state index < -0.39 is 0 Å². The van der Waals surface area contributed by atoms with Crippen LogP contribution in [0.15, 0.2) is 34.8 Å². The largest absolute Gasteiger partial charge is 0.480 e. The monoisotopic (exact) mass is 211 g/mol. The second-order valence-corrected chi connectivity index (χ2v) is 3.07. The van der Waals surface area contributed by atoms with Crippen LogP contribution in [0.25, 0.3) is 0 Å². The van der Waals surface area contributed by atoms with Crippen LogP contribution in [0.1, 0.15) is 18.9 Å². The molecule has 0 N–H and O–H groups in total. The molecule has 1 rings (SSSR count). The fourth-order valence-corrected chi connectivity index (χ4v) is 1.33. The summed E-state index contributed by atoms with van der Waals surface area (Å²) >= 11 is 5.38. The summed E-state index contributed by atoms with van der Waals surface area (Å²) in [5, 5.41) is 0. The first-order chi connectivity index (χ1) is 6.86. The molecule has 1 aromatic rings. The van der Waals surface area contributed by atoms with Gasteiger partial charge >= 0.3 is 0 Å². The van der Waals surface area contributed by atoms with Crippen molar-refractivity contribution in [1.29, 1.82) is 0 Å². The van der Waals surface area contributed by atoms with E-state index in [9.17, 15) is 0 Å². The lowest BCUT2D eigenvalue weighted by Gasteiger charge is -2.05. The smallest absolute Gasteiger partial charge is 0.201 e. The Balaban J connectivity index is 2.40. The number of rotatable bonds is 4. The highest BCUT2D eigenvalue weighted by Gasteiger charge is 2.00. The Hall–Kier alpha value is -1.02. The van der Waals surface area contributed by atoms with E-state index in [0.29, 0.717) is 12.5 Å². The molecule has 1 aromatic carbocycles. The van der Waals surface area contributed by atoms with Crippen LogP contribution in [-0.4, -0.2) is 12.5 Å². The lowest BCUT2D eigenvalue weighted by molar-refractivity contribution is 0.318. The van der Waals surface area contributed by atoms with Gasteiger partial charge in [-0.3, -0.25) is 0 Å². The quantitative estimate of drug-likeness (QED) is 0.554. The van der Waals surface area contributed by atoms with Crippen molar-refractivity contribution in [3.05, 3.63) is 35.9 Å². The number of hydrogen-bond donors (Lipinski definition) is 0. The molecule has 0 saturated carbocycles. The van der Waals surface area contributed by atoms with E-state index in [4.69, 9.17) is 16.5 Å².